The first-order valence-electron chi connectivity index (χ1n) is 8.14. The molecule has 2 heterocycles. The third-order valence-electron chi connectivity index (χ3n) is 4.48. The number of halogens is 2. The molecule has 1 aliphatic heterocycles. The number of hydrogen-bond acceptors (Lipinski definition) is 4. The van der Waals surface area contributed by atoms with Crippen molar-refractivity contribution in [3.8, 4) is 0 Å². The maximum absolute atomic E-state index is 11.1. The van der Waals surface area contributed by atoms with Crippen molar-refractivity contribution in [2.24, 2.45) is 11.7 Å². The zero-order valence-electron chi connectivity index (χ0n) is 13.9. The van der Waals surface area contributed by atoms with Crippen molar-refractivity contribution in [2.75, 3.05) is 29.9 Å². The van der Waals surface area contributed by atoms with Crippen LogP contribution in [-0.2, 0) is 0 Å². The Hall–Kier alpha value is -1.98. The summed E-state index contributed by atoms with van der Waals surface area (Å²) < 4.78 is 0. The number of primary amides is 1. The van der Waals surface area contributed by atoms with E-state index in [1.54, 1.807) is 0 Å². The van der Waals surface area contributed by atoms with Gasteiger partial charge in [0.2, 0.25) is 5.91 Å². The van der Waals surface area contributed by atoms with Gasteiger partial charge in [-0.15, -0.1) is 0 Å². The van der Waals surface area contributed by atoms with Crippen molar-refractivity contribution in [3.63, 3.8) is 0 Å². The Morgan fingerprint density at radius 1 is 1.40 bits per heavy atom. The van der Waals surface area contributed by atoms with Crippen LogP contribution in [0, 0.1) is 12.8 Å². The second kappa shape index (κ2) is 7.50. The smallest absolute Gasteiger partial charge is 0.250 e. The molecule has 0 aliphatic carbocycles. The predicted octanol–water partition coefficient (Wildman–Crippen LogP) is 3.73. The molecule has 3 N–H and O–H groups in total. The van der Waals surface area contributed by atoms with Gasteiger partial charge in [-0.25, -0.2) is 4.98 Å². The Balaban J connectivity index is 1.60. The van der Waals surface area contributed by atoms with Crippen molar-refractivity contribution < 1.29 is 4.79 Å². The molecule has 3 rings (SSSR count). The summed E-state index contributed by atoms with van der Waals surface area (Å²) in [6.07, 6.45) is 2.52. The van der Waals surface area contributed by atoms with Gasteiger partial charge in [-0.1, -0.05) is 29.3 Å². The summed E-state index contributed by atoms with van der Waals surface area (Å²) in [5, 5.41) is 4.43. The highest BCUT2D eigenvalue weighted by molar-refractivity contribution is 6.33. The van der Waals surface area contributed by atoms with E-state index in [2.05, 4.69) is 22.1 Å². The molecule has 7 heteroatoms. The van der Waals surface area contributed by atoms with E-state index in [9.17, 15) is 4.79 Å². The van der Waals surface area contributed by atoms with E-state index in [1.807, 2.05) is 18.2 Å². The average molecular weight is 379 g/mol. The van der Waals surface area contributed by atoms with Crippen LogP contribution in [-0.4, -0.2) is 30.5 Å². The highest BCUT2D eigenvalue weighted by Crippen LogP contribution is 2.30. The molecule has 1 saturated heterocycles. The molecule has 25 heavy (non-hydrogen) atoms. The zero-order chi connectivity index (χ0) is 18.0. The second-order valence-corrected chi connectivity index (χ2v) is 7.17. The van der Waals surface area contributed by atoms with Crippen molar-refractivity contribution >= 4 is 40.6 Å². The molecule has 1 fully saturated rings. The van der Waals surface area contributed by atoms with Crippen LogP contribution >= 0.6 is 23.2 Å². The first-order valence-corrected chi connectivity index (χ1v) is 8.90. The Morgan fingerprint density at radius 2 is 2.20 bits per heavy atom. The highest BCUT2D eigenvalue weighted by Gasteiger charge is 2.24. The highest BCUT2D eigenvalue weighted by atomic mass is 35.5. The largest absolute Gasteiger partial charge is 0.371 e. The summed E-state index contributed by atoms with van der Waals surface area (Å²) in [5.41, 5.74) is 7.95. The molecule has 0 radical (unpaired) electrons. The minimum atomic E-state index is -0.538. The molecule has 1 aromatic heterocycles. The first-order chi connectivity index (χ1) is 11.9. The molecule has 1 unspecified atom stereocenters. The lowest BCUT2D eigenvalue weighted by molar-refractivity contribution is 0.1000. The third kappa shape index (κ3) is 4.17. The van der Waals surface area contributed by atoms with Crippen LogP contribution in [0.4, 0.5) is 11.5 Å². The van der Waals surface area contributed by atoms with Crippen molar-refractivity contribution in [3.05, 3.63) is 51.6 Å². The normalized spacial score (nSPS) is 16.9. The van der Waals surface area contributed by atoms with Gasteiger partial charge in [0.25, 0.3) is 0 Å². The van der Waals surface area contributed by atoms with Gasteiger partial charge in [0.1, 0.15) is 5.82 Å². The molecule has 0 spiro atoms. The molecule has 1 atom stereocenters. The summed E-state index contributed by atoms with van der Waals surface area (Å²) in [7, 11) is 0. The molecular weight excluding hydrogens is 359 g/mol. The van der Waals surface area contributed by atoms with E-state index in [0.29, 0.717) is 22.3 Å². The summed E-state index contributed by atoms with van der Waals surface area (Å²) in [6, 6.07) is 7.52. The standard InChI is InChI=1S/C18H20Cl2N4O/c1-11-2-3-14(19)7-16(11)24-5-4-12(10-24)8-22-18-15(20)6-13(9-23-18)17(21)25/h2-3,6-7,9,12H,4-5,8,10H2,1H3,(H2,21,25)(H,22,23). The third-order valence-corrected chi connectivity index (χ3v) is 5.00. The van der Waals surface area contributed by atoms with Gasteiger partial charge >= 0.3 is 0 Å². The van der Waals surface area contributed by atoms with Gasteiger partial charge in [-0.2, -0.15) is 0 Å². The summed E-state index contributed by atoms with van der Waals surface area (Å²) in [5.74, 6) is 0.514. The average Bonchev–Trinajstić information content (AvgIpc) is 3.04. The number of aromatic nitrogens is 1. The minimum Gasteiger partial charge on any atom is -0.371 e. The van der Waals surface area contributed by atoms with Crippen LogP contribution in [0.15, 0.2) is 30.5 Å². The fraction of sp³-hybridized carbons (Fsp3) is 0.333. The Bertz CT molecular complexity index is 797. The Kier molecular flexibility index (Phi) is 5.35. The molecule has 1 aliphatic rings. The van der Waals surface area contributed by atoms with Crippen molar-refractivity contribution in [1.29, 1.82) is 0 Å². The number of benzene rings is 1. The van der Waals surface area contributed by atoms with Gasteiger partial charge in [0, 0.05) is 36.5 Å². The van der Waals surface area contributed by atoms with Gasteiger partial charge in [-0.05, 0) is 43.0 Å². The van der Waals surface area contributed by atoms with Gasteiger partial charge in [0.15, 0.2) is 0 Å². The number of carbonyl (C=O) groups is 1. The number of hydrogen-bond donors (Lipinski definition) is 2. The second-order valence-electron chi connectivity index (χ2n) is 6.33. The Labute approximate surface area is 157 Å². The summed E-state index contributed by atoms with van der Waals surface area (Å²) >= 11 is 12.3. The maximum atomic E-state index is 11.1. The summed E-state index contributed by atoms with van der Waals surface area (Å²) in [4.78, 5) is 17.7. The number of carbonyl (C=O) groups excluding carboxylic acids is 1. The molecule has 2 aromatic rings. The van der Waals surface area contributed by atoms with Crippen LogP contribution in [0.2, 0.25) is 10.0 Å². The number of aryl methyl sites for hydroxylation is 1. The van der Waals surface area contributed by atoms with E-state index in [1.165, 1.54) is 23.5 Å². The quantitative estimate of drug-likeness (QED) is 0.831. The van der Waals surface area contributed by atoms with E-state index in [0.717, 1.165) is 31.1 Å². The van der Waals surface area contributed by atoms with Crippen LogP contribution in [0.5, 0.6) is 0 Å². The Morgan fingerprint density at radius 3 is 2.92 bits per heavy atom. The zero-order valence-corrected chi connectivity index (χ0v) is 15.4. The molecule has 0 saturated carbocycles. The topological polar surface area (TPSA) is 71.2 Å². The van der Waals surface area contributed by atoms with Gasteiger partial charge in [-0.3, -0.25) is 4.79 Å². The van der Waals surface area contributed by atoms with Crippen molar-refractivity contribution in [2.45, 2.75) is 13.3 Å². The van der Waals surface area contributed by atoms with E-state index >= 15 is 0 Å². The number of pyridine rings is 1. The van der Waals surface area contributed by atoms with Crippen LogP contribution < -0.4 is 16.0 Å². The van der Waals surface area contributed by atoms with Crippen LogP contribution in [0.3, 0.4) is 0 Å². The van der Waals surface area contributed by atoms with Crippen molar-refractivity contribution in [1.82, 2.24) is 4.98 Å². The number of nitrogens with one attached hydrogen (secondary N) is 1. The number of rotatable bonds is 5. The van der Waals surface area contributed by atoms with E-state index in [4.69, 9.17) is 28.9 Å². The SMILES string of the molecule is Cc1ccc(Cl)cc1N1CCC(CNc2ncc(C(N)=O)cc2Cl)C1. The maximum Gasteiger partial charge on any atom is 0.250 e. The molecule has 5 nitrogen and oxygen atoms in total. The number of nitrogens with two attached hydrogens (primary N) is 1. The molecule has 132 valence electrons. The fourth-order valence-corrected chi connectivity index (χ4v) is 3.48. The van der Waals surface area contributed by atoms with Gasteiger partial charge < -0.3 is 16.0 Å². The van der Waals surface area contributed by atoms with Crippen LogP contribution in [0.25, 0.3) is 0 Å². The molecule has 1 amide bonds. The lowest BCUT2D eigenvalue weighted by Crippen LogP contribution is -2.23. The molecule has 0 bridgehead atoms. The molecule has 1 aromatic carbocycles. The van der Waals surface area contributed by atoms with Gasteiger partial charge in [0.05, 0.1) is 10.6 Å². The van der Waals surface area contributed by atoms with Crippen LogP contribution in [0.1, 0.15) is 22.3 Å². The predicted molar refractivity (Wildman–Crippen MR) is 103 cm³/mol. The number of nitrogens with zero attached hydrogens (tertiary/aromatic N) is 2. The monoisotopic (exact) mass is 378 g/mol. The summed E-state index contributed by atoms with van der Waals surface area (Å²) in [6.45, 7) is 4.81. The van der Waals surface area contributed by atoms with E-state index in [-0.39, 0.29) is 0 Å². The first kappa shape index (κ1) is 17.8. The number of amides is 1. The fourth-order valence-electron chi connectivity index (χ4n) is 3.09. The lowest BCUT2D eigenvalue weighted by atomic mass is 10.1. The van der Waals surface area contributed by atoms with E-state index < -0.39 is 5.91 Å². The number of anilines is 2. The lowest BCUT2D eigenvalue weighted by Gasteiger charge is -2.21. The molecular formula is C18H20Cl2N4O. The minimum absolute atomic E-state index is 0.305.